The van der Waals surface area contributed by atoms with Crippen LogP contribution in [0, 0.1) is 0 Å². The standard InChI is InChI=1S/C11H12ClF2N3O2/c1-16(7-11(12,13)14)10(18)17-5-6-19-9-8(17)3-2-4-15-9/h2-4H,5-7H2,1H3. The van der Waals surface area contributed by atoms with Crippen molar-refractivity contribution in [1.29, 1.82) is 0 Å². The van der Waals surface area contributed by atoms with Crippen molar-refractivity contribution in [2.75, 3.05) is 31.6 Å². The third-order valence-corrected chi connectivity index (χ3v) is 2.69. The second-order valence-electron chi connectivity index (χ2n) is 4.08. The second-order valence-corrected chi connectivity index (χ2v) is 4.63. The van der Waals surface area contributed by atoms with E-state index in [0.29, 0.717) is 11.6 Å². The summed E-state index contributed by atoms with van der Waals surface area (Å²) in [6.07, 6.45) is 1.53. The van der Waals surface area contributed by atoms with E-state index in [-0.39, 0.29) is 13.2 Å². The molecule has 0 bridgehead atoms. The van der Waals surface area contributed by atoms with Crippen LogP contribution in [-0.4, -0.2) is 48.0 Å². The number of aromatic nitrogens is 1. The lowest BCUT2D eigenvalue weighted by Gasteiger charge is -2.32. The molecule has 0 aliphatic carbocycles. The Hall–Kier alpha value is -1.63. The van der Waals surface area contributed by atoms with Crippen LogP contribution in [0.2, 0.25) is 0 Å². The van der Waals surface area contributed by atoms with Crippen molar-refractivity contribution in [2.45, 2.75) is 5.38 Å². The van der Waals surface area contributed by atoms with E-state index in [9.17, 15) is 13.6 Å². The number of alkyl halides is 3. The number of halogens is 3. The Bertz CT molecular complexity index is 481. The topological polar surface area (TPSA) is 45.7 Å². The van der Waals surface area contributed by atoms with Gasteiger partial charge in [-0.05, 0) is 23.7 Å². The Morgan fingerprint density at radius 3 is 3.11 bits per heavy atom. The molecule has 2 amide bonds. The van der Waals surface area contributed by atoms with E-state index < -0.39 is 18.0 Å². The minimum absolute atomic E-state index is 0.265. The van der Waals surface area contributed by atoms with E-state index >= 15 is 0 Å². The van der Waals surface area contributed by atoms with Crippen molar-refractivity contribution in [2.24, 2.45) is 0 Å². The lowest BCUT2D eigenvalue weighted by atomic mass is 10.3. The predicted molar refractivity (Wildman–Crippen MR) is 65.9 cm³/mol. The van der Waals surface area contributed by atoms with Gasteiger partial charge in [-0.1, -0.05) is 0 Å². The Morgan fingerprint density at radius 1 is 1.68 bits per heavy atom. The van der Waals surface area contributed by atoms with E-state index in [1.165, 1.54) is 18.1 Å². The fourth-order valence-electron chi connectivity index (χ4n) is 1.79. The normalized spacial score (nSPS) is 14.6. The van der Waals surface area contributed by atoms with Crippen molar-refractivity contribution in [3.05, 3.63) is 18.3 Å². The van der Waals surface area contributed by atoms with E-state index in [1.807, 2.05) is 0 Å². The van der Waals surface area contributed by atoms with Gasteiger partial charge < -0.3 is 9.64 Å². The molecule has 0 radical (unpaired) electrons. The van der Waals surface area contributed by atoms with Gasteiger partial charge in [0, 0.05) is 13.2 Å². The molecule has 0 fully saturated rings. The lowest BCUT2D eigenvalue weighted by Crippen LogP contribution is -2.47. The molecule has 104 valence electrons. The Labute approximate surface area is 113 Å². The largest absolute Gasteiger partial charge is 0.474 e. The fourth-order valence-corrected chi connectivity index (χ4v) is 1.97. The quantitative estimate of drug-likeness (QED) is 0.785. The average molecular weight is 292 g/mol. The number of amides is 2. The molecule has 1 aromatic heterocycles. The Kier molecular flexibility index (Phi) is 3.75. The summed E-state index contributed by atoms with van der Waals surface area (Å²) in [6, 6.07) is 2.72. The van der Waals surface area contributed by atoms with E-state index in [4.69, 9.17) is 16.3 Å². The predicted octanol–water partition coefficient (Wildman–Crippen LogP) is 2.16. The second kappa shape index (κ2) is 5.16. The molecule has 0 N–H and O–H groups in total. The van der Waals surface area contributed by atoms with Gasteiger partial charge in [0.05, 0.1) is 6.54 Å². The number of anilines is 1. The molecule has 1 aliphatic heterocycles. The number of hydrogen-bond donors (Lipinski definition) is 0. The van der Waals surface area contributed by atoms with Gasteiger partial charge in [-0.3, -0.25) is 4.90 Å². The van der Waals surface area contributed by atoms with Crippen molar-refractivity contribution < 1.29 is 18.3 Å². The average Bonchev–Trinajstić information content (AvgIpc) is 2.35. The molecule has 19 heavy (non-hydrogen) atoms. The summed E-state index contributed by atoms with van der Waals surface area (Å²) in [6.45, 7) is -0.322. The van der Waals surface area contributed by atoms with Crippen LogP contribution in [0.4, 0.5) is 19.3 Å². The number of pyridine rings is 1. The van der Waals surface area contributed by atoms with Gasteiger partial charge >= 0.3 is 11.4 Å². The molecule has 0 unspecified atom stereocenters. The van der Waals surface area contributed by atoms with Crippen LogP contribution in [0.25, 0.3) is 0 Å². The lowest BCUT2D eigenvalue weighted by molar-refractivity contribution is 0.0663. The molecule has 2 heterocycles. The van der Waals surface area contributed by atoms with Crippen LogP contribution >= 0.6 is 11.6 Å². The van der Waals surface area contributed by atoms with Crippen molar-refractivity contribution >= 4 is 23.3 Å². The number of urea groups is 1. The van der Waals surface area contributed by atoms with Crippen LogP contribution in [0.3, 0.4) is 0 Å². The first-order valence-electron chi connectivity index (χ1n) is 5.56. The third kappa shape index (κ3) is 3.23. The molecule has 0 saturated heterocycles. The molecule has 8 heteroatoms. The Balaban J connectivity index is 2.17. The molecule has 1 aliphatic rings. The van der Waals surface area contributed by atoms with E-state index in [1.54, 1.807) is 12.1 Å². The number of rotatable bonds is 2. The first kappa shape index (κ1) is 13.8. The fraction of sp³-hybridized carbons (Fsp3) is 0.455. The molecule has 0 atom stereocenters. The maximum Gasteiger partial charge on any atom is 0.338 e. The van der Waals surface area contributed by atoms with E-state index in [0.717, 1.165) is 4.90 Å². The van der Waals surface area contributed by atoms with Gasteiger partial charge in [-0.2, -0.15) is 8.78 Å². The minimum Gasteiger partial charge on any atom is -0.474 e. The molecule has 1 aromatic rings. The van der Waals surface area contributed by atoms with Crippen LogP contribution in [-0.2, 0) is 0 Å². The van der Waals surface area contributed by atoms with Gasteiger partial charge in [0.25, 0.3) is 0 Å². The van der Waals surface area contributed by atoms with Gasteiger partial charge in [-0.25, -0.2) is 9.78 Å². The zero-order valence-electron chi connectivity index (χ0n) is 10.1. The van der Waals surface area contributed by atoms with Crippen molar-refractivity contribution in [3.8, 4) is 5.88 Å². The summed E-state index contributed by atoms with van der Waals surface area (Å²) >= 11 is 4.83. The highest BCUT2D eigenvalue weighted by Gasteiger charge is 2.33. The number of fused-ring (bicyclic) bond motifs is 1. The number of carbonyl (C=O) groups is 1. The van der Waals surface area contributed by atoms with Crippen molar-refractivity contribution in [3.63, 3.8) is 0 Å². The molecule has 5 nitrogen and oxygen atoms in total. The number of ether oxygens (including phenoxy) is 1. The molecule has 2 rings (SSSR count). The smallest absolute Gasteiger partial charge is 0.338 e. The zero-order valence-corrected chi connectivity index (χ0v) is 10.9. The van der Waals surface area contributed by atoms with Crippen LogP contribution in [0.1, 0.15) is 0 Å². The highest BCUT2D eigenvalue weighted by Crippen LogP contribution is 2.29. The van der Waals surface area contributed by atoms with Gasteiger partial charge in [0.15, 0.2) is 0 Å². The summed E-state index contributed by atoms with van der Waals surface area (Å²) in [5, 5.41) is -3.45. The SMILES string of the molecule is CN(CC(F)(F)Cl)C(=O)N1CCOc2ncccc21. The number of hydrogen-bond acceptors (Lipinski definition) is 3. The molecular formula is C11H12ClF2N3O2. The molecular weight excluding hydrogens is 280 g/mol. The van der Waals surface area contributed by atoms with E-state index in [2.05, 4.69) is 4.98 Å². The van der Waals surface area contributed by atoms with Gasteiger partial charge in [0.2, 0.25) is 5.88 Å². The first-order chi connectivity index (χ1) is 8.88. The van der Waals surface area contributed by atoms with Gasteiger partial charge in [0.1, 0.15) is 18.8 Å². The highest BCUT2D eigenvalue weighted by atomic mass is 35.5. The summed E-state index contributed by atoms with van der Waals surface area (Å²) in [7, 11) is 1.27. The maximum atomic E-state index is 12.7. The summed E-state index contributed by atoms with van der Waals surface area (Å²) in [4.78, 5) is 18.3. The zero-order chi connectivity index (χ0) is 14.0. The number of carbonyl (C=O) groups excluding carboxylic acids is 1. The summed E-state index contributed by atoms with van der Waals surface area (Å²) in [5.74, 6) is 0.313. The monoisotopic (exact) mass is 291 g/mol. The summed E-state index contributed by atoms with van der Waals surface area (Å²) in [5.41, 5.74) is 0.462. The third-order valence-electron chi connectivity index (χ3n) is 2.57. The summed E-state index contributed by atoms with van der Waals surface area (Å²) < 4.78 is 30.7. The highest BCUT2D eigenvalue weighted by molar-refractivity contribution is 6.22. The molecule has 0 aromatic carbocycles. The molecule has 0 spiro atoms. The van der Waals surface area contributed by atoms with Gasteiger partial charge in [-0.15, -0.1) is 0 Å². The van der Waals surface area contributed by atoms with Crippen LogP contribution in [0.15, 0.2) is 18.3 Å². The minimum atomic E-state index is -3.45. The first-order valence-corrected chi connectivity index (χ1v) is 5.93. The maximum absolute atomic E-state index is 12.7. The van der Waals surface area contributed by atoms with Crippen molar-refractivity contribution in [1.82, 2.24) is 9.88 Å². The van der Waals surface area contributed by atoms with Crippen LogP contribution in [0.5, 0.6) is 5.88 Å². The Morgan fingerprint density at radius 2 is 2.42 bits per heavy atom. The van der Waals surface area contributed by atoms with Crippen LogP contribution < -0.4 is 9.64 Å². The number of nitrogens with zero attached hydrogens (tertiary/aromatic N) is 3. The molecule has 0 saturated carbocycles.